The molecule has 6 heteroatoms. The Hall–Kier alpha value is -1.44. The van der Waals surface area contributed by atoms with Crippen LogP contribution in [-0.4, -0.2) is 23.8 Å². The van der Waals surface area contributed by atoms with E-state index in [-0.39, 0.29) is 0 Å². The van der Waals surface area contributed by atoms with Crippen LogP contribution in [0.15, 0.2) is 53.0 Å². The molecule has 2 aromatic rings. The van der Waals surface area contributed by atoms with Gasteiger partial charge in [-0.1, -0.05) is 46.3 Å². The molecule has 0 atom stereocenters. The van der Waals surface area contributed by atoms with Gasteiger partial charge in [0.2, 0.25) is 0 Å². The molecule has 0 saturated carbocycles. The topological polar surface area (TPSA) is 68.2 Å². The van der Waals surface area contributed by atoms with E-state index in [1.165, 1.54) is 0 Å². The van der Waals surface area contributed by atoms with Crippen molar-refractivity contribution in [1.82, 2.24) is 0 Å². The fourth-order valence-corrected chi connectivity index (χ4v) is 2.33. The summed E-state index contributed by atoms with van der Waals surface area (Å²) in [4.78, 5) is 0. The number of benzene rings is 2. The minimum Gasteiger partial charge on any atom is -0.489 e. The van der Waals surface area contributed by atoms with Gasteiger partial charge in [0.15, 0.2) is 6.29 Å². The zero-order chi connectivity index (χ0) is 15.8. The molecule has 0 aliphatic heterocycles. The second-order valence-electron chi connectivity index (χ2n) is 4.38. The third-order valence-electron chi connectivity index (χ3n) is 2.92. The molecular formula is C16H17BrO5. The molecule has 0 aliphatic carbocycles. The molecule has 5 nitrogen and oxygen atoms in total. The summed E-state index contributed by atoms with van der Waals surface area (Å²) in [6.07, 6.45) is -0.885. The number of halogens is 1. The standard InChI is InChI=1S/C16H17BrO5/c17-15-7-6-13(20-9-12-4-2-1-3-5-12)8-14(15)16(21-10-18)22-11-19/h1-8,16,18-19H,9-11H2. The molecule has 0 saturated heterocycles. The lowest BCUT2D eigenvalue weighted by Crippen LogP contribution is -2.11. The molecule has 118 valence electrons. The number of hydrogen-bond donors (Lipinski definition) is 2. The minimum absolute atomic E-state index is 0.439. The maximum Gasteiger partial charge on any atom is 0.190 e. The van der Waals surface area contributed by atoms with Crippen LogP contribution in [0.2, 0.25) is 0 Å². The monoisotopic (exact) mass is 368 g/mol. The Morgan fingerprint density at radius 2 is 1.64 bits per heavy atom. The number of ether oxygens (including phenoxy) is 3. The summed E-state index contributed by atoms with van der Waals surface area (Å²) in [5.41, 5.74) is 1.68. The summed E-state index contributed by atoms with van der Waals surface area (Å²) in [6.45, 7) is -0.604. The molecule has 0 fully saturated rings. The molecule has 0 bridgehead atoms. The lowest BCUT2D eigenvalue weighted by Gasteiger charge is -2.18. The molecule has 0 spiro atoms. The van der Waals surface area contributed by atoms with E-state index in [0.717, 1.165) is 10.0 Å². The molecule has 0 amide bonds. The summed E-state index contributed by atoms with van der Waals surface area (Å²) in [7, 11) is 0. The number of aliphatic hydroxyl groups is 2. The van der Waals surface area contributed by atoms with Gasteiger partial charge in [0.25, 0.3) is 0 Å². The SMILES string of the molecule is OCOC(OCO)c1cc(OCc2ccccc2)ccc1Br. The van der Waals surface area contributed by atoms with Crippen molar-refractivity contribution >= 4 is 15.9 Å². The molecular weight excluding hydrogens is 352 g/mol. The van der Waals surface area contributed by atoms with Crippen LogP contribution in [0.1, 0.15) is 17.4 Å². The van der Waals surface area contributed by atoms with Gasteiger partial charge < -0.3 is 24.4 Å². The number of aliphatic hydroxyl groups excluding tert-OH is 2. The average molecular weight is 369 g/mol. The van der Waals surface area contributed by atoms with Crippen LogP contribution < -0.4 is 4.74 Å². The van der Waals surface area contributed by atoms with Gasteiger partial charge in [-0.3, -0.25) is 0 Å². The highest BCUT2D eigenvalue weighted by Gasteiger charge is 2.16. The second kappa shape index (κ2) is 8.87. The third kappa shape index (κ3) is 4.79. The normalized spacial score (nSPS) is 10.9. The van der Waals surface area contributed by atoms with E-state index in [1.807, 2.05) is 36.4 Å². The van der Waals surface area contributed by atoms with E-state index in [4.69, 9.17) is 24.4 Å². The minimum atomic E-state index is -0.885. The van der Waals surface area contributed by atoms with Gasteiger partial charge in [-0.15, -0.1) is 0 Å². The van der Waals surface area contributed by atoms with Gasteiger partial charge >= 0.3 is 0 Å². The Labute approximate surface area is 137 Å². The van der Waals surface area contributed by atoms with Crippen LogP contribution in [0, 0.1) is 0 Å². The van der Waals surface area contributed by atoms with Crippen molar-refractivity contribution < 1.29 is 24.4 Å². The first-order valence-electron chi connectivity index (χ1n) is 6.65. The van der Waals surface area contributed by atoms with Crippen LogP contribution in [0.4, 0.5) is 0 Å². The molecule has 0 aromatic heterocycles. The number of hydrogen-bond acceptors (Lipinski definition) is 5. The van der Waals surface area contributed by atoms with Crippen molar-refractivity contribution in [3.05, 3.63) is 64.1 Å². The van der Waals surface area contributed by atoms with Crippen LogP contribution >= 0.6 is 15.9 Å². The van der Waals surface area contributed by atoms with Crippen molar-refractivity contribution in [3.8, 4) is 5.75 Å². The number of rotatable bonds is 8. The van der Waals surface area contributed by atoms with E-state index in [0.29, 0.717) is 17.9 Å². The van der Waals surface area contributed by atoms with Crippen LogP contribution in [-0.2, 0) is 16.1 Å². The predicted molar refractivity (Wildman–Crippen MR) is 84.0 cm³/mol. The van der Waals surface area contributed by atoms with Crippen molar-refractivity contribution in [3.63, 3.8) is 0 Å². The van der Waals surface area contributed by atoms with Crippen LogP contribution in [0.5, 0.6) is 5.75 Å². The zero-order valence-electron chi connectivity index (χ0n) is 11.8. The summed E-state index contributed by atoms with van der Waals surface area (Å²) >= 11 is 3.39. The fraction of sp³-hybridized carbons (Fsp3) is 0.250. The van der Waals surface area contributed by atoms with E-state index >= 15 is 0 Å². The van der Waals surface area contributed by atoms with Crippen LogP contribution in [0.3, 0.4) is 0 Å². The molecule has 0 unspecified atom stereocenters. The molecule has 2 rings (SSSR count). The summed E-state index contributed by atoms with van der Waals surface area (Å²) < 4.78 is 16.6. The summed E-state index contributed by atoms with van der Waals surface area (Å²) in [6, 6.07) is 15.2. The first kappa shape index (κ1) is 16.9. The third-order valence-corrected chi connectivity index (χ3v) is 3.64. The van der Waals surface area contributed by atoms with Gasteiger partial charge in [-0.05, 0) is 23.8 Å². The van der Waals surface area contributed by atoms with Gasteiger partial charge in [0.05, 0.1) is 0 Å². The van der Waals surface area contributed by atoms with Crippen molar-refractivity contribution in [2.45, 2.75) is 12.9 Å². The highest BCUT2D eigenvalue weighted by molar-refractivity contribution is 9.10. The Balaban J connectivity index is 2.11. The van der Waals surface area contributed by atoms with Gasteiger partial charge in [-0.2, -0.15) is 0 Å². The molecule has 0 heterocycles. The summed E-state index contributed by atoms with van der Waals surface area (Å²) in [5.74, 6) is 0.634. The van der Waals surface area contributed by atoms with Gasteiger partial charge in [0.1, 0.15) is 25.9 Å². The Bertz CT molecular complexity index is 570. The first-order valence-corrected chi connectivity index (χ1v) is 7.45. The molecule has 0 aliphatic rings. The second-order valence-corrected chi connectivity index (χ2v) is 5.24. The Kier molecular flexibility index (Phi) is 6.82. The highest BCUT2D eigenvalue weighted by atomic mass is 79.9. The quantitative estimate of drug-likeness (QED) is 0.701. The highest BCUT2D eigenvalue weighted by Crippen LogP contribution is 2.30. The summed E-state index contributed by atoms with van der Waals surface area (Å²) in [5, 5.41) is 17.8. The van der Waals surface area contributed by atoms with Crippen molar-refractivity contribution in [1.29, 1.82) is 0 Å². The van der Waals surface area contributed by atoms with Gasteiger partial charge in [0, 0.05) is 10.0 Å². The lowest BCUT2D eigenvalue weighted by molar-refractivity contribution is -0.214. The maximum absolute atomic E-state index is 8.91. The van der Waals surface area contributed by atoms with Crippen molar-refractivity contribution in [2.75, 3.05) is 13.6 Å². The predicted octanol–water partition coefficient (Wildman–Crippen LogP) is 2.96. The van der Waals surface area contributed by atoms with Gasteiger partial charge in [-0.25, -0.2) is 0 Å². The first-order chi connectivity index (χ1) is 10.7. The molecule has 22 heavy (non-hydrogen) atoms. The smallest absolute Gasteiger partial charge is 0.190 e. The van der Waals surface area contributed by atoms with E-state index in [1.54, 1.807) is 12.1 Å². The average Bonchev–Trinajstić information content (AvgIpc) is 2.55. The van der Waals surface area contributed by atoms with Crippen molar-refractivity contribution in [2.24, 2.45) is 0 Å². The van der Waals surface area contributed by atoms with Crippen LogP contribution in [0.25, 0.3) is 0 Å². The fourth-order valence-electron chi connectivity index (χ4n) is 1.90. The molecule has 2 N–H and O–H groups in total. The Morgan fingerprint density at radius 3 is 2.27 bits per heavy atom. The zero-order valence-corrected chi connectivity index (χ0v) is 13.4. The largest absolute Gasteiger partial charge is 0.489 e. The van der Waals surface area contributed by atoms with E-state index in [2.05, 4.69) is 15.9 Å². The maximum atomic E-state index is 8.91. The molecule has 2 aromatic carbocycles. The Morgan fingerprint density at radius 1 is 0.955 bits per heavy atom. The van der Waals surface area contributed by atoms with E-state index < -0.39 is 19.9 Å². The molecule has 0 radical (unpaired) electrons. The lowest BCUT2D eigenvalue weighted by atomic mass is 10.2. The van der Waals surface area contributed by atoms with E-state index in [9.17, 15) is 0 Å².